The monoisotopic (exact) mass is 488 g/mol. The predicted octanol–water partition coefficient (Wildman–Crippen LogP) is 4.08. The lowest BCUT2D eigenvalue weighted by molar-refractivity contribution is -0.115. The summed E-state index contributed by atoms with van der Waals surface area (Å²) < 4.78 is 29.4. The van der Waals surface area contributed by atoms with E-state index in [1.54, 1.807) is 6.07 Å². The third kappa shape index (κ3) is 4.36. The van der Waals surface area contributed by atoms with Gasteiger partial charge in [-0.3, -0.25) is 9.59 Å². The molecule has 2 aromatic carbocycles. The van der Waals surface area contributed by atoms with E-state index in [2.05, 4.69) is 31.7 Å². The summed E-state index contributed by atoms with van der Waals surface area (Å²) in [6.45, 7) is 1.65. The highest BCUT2D eigenvalue weighted by Crippen LogP contribution is 2.28. The van der Waals surface area contributed by atoms with Crippen molar-refractivity contribution in [2.75, 3.05) is 11.9 Å². The van der Waals surface area contributed by atoms with Crippen molar-refractivity contribution < 1.29 is 18.4 Å². The van der Waals surface area contributed by atoms with Gasteiger partial charge in [-0.25, -0.2) is 13.5 Å². The second kappa shape index (κ2) is 8.58. The minimum absolute atomic E-state index is 0.199. The largest absolute Gasteiger partial charge is 0.342 e. The van der Waals surface area contributed by atoms with Crippen LogP contribution in [0.2, 0.25) is 0 Å². The molecule has 2 N–H and O–H groups in total. The van der Waals surface area contributed by atoms with Crippen LogP contribution in [0.3, 0.4) is 0 Å². The lowest BCUT2D eigenvalue weighted by Gasteiger charge is -2.09. The van der Waals surface area contributed by atoms with E-state index in [1.165, 1.54) is 10.7 Å². The standard InChI is InChI=1S/C22H19BrF2N4O2/c1-12-9-13(23)5-8-18(12)27-20(30)11-26-22(31)21-15-3-2-4-19(15)29(28-21)14-6-7-16(24)17(25)10-14/h5-10H,2-4,11H2,1H3,(H,26,31)(H,27,30). The number of hydrogen-bond donors (Lipinski definition) is 2. The number of fused-ring (bicyclic) bond motifs is 1. The zero-order valence-electron chi connectivity index (χ0n) is 16.6. The first-order valence-electron chi connectivity index (χ1n) is 9.74. The average Bonchev–Trinajstić information content (AvgIpc) is 3.33. The van der Waals surface area contributed by atoms with Crippen molar-refractivity contribution in [3.05, 3.63) is 75.0 Å². The highest BCUT2D eigenvalue weighted by Gasteiger charge is 2.27. The summed E-state index contributed by atoms with van der Waals surface area (Å²) in [5.41, 5.74) is 3.66. The van der Waals surface area contributed by atoms with Crippen LogP contribution in [0.5, 0.6) is 0 Å². The Kier molecular flexibility index (Phi) is 5.86. The maximum absolute atomic E-state index is 13.7. The molecule has 0 bridgehead atoms. The lowest BCUT2D eigenvalue weighted by atomic mass is 10.2. The van der Waals surface area contributed by atoms with Crippen LogP contribution in [0.4, 0.5) is 14.5 Å². The number of halogens is 3. The maximum atomic E-state index is 13.7. The third-order valence-corrected chi connectivity index (χ3v) is 5.66. The number of nitrogens with one attached hydrogen (secondary N) is 2. The molecule has 2 amide bonds. The SMILES string of the molecule is Cc1cc(Br)ccc1NC(=O)CNC(=O)c1nn(-c2ccc(F)c(F)c2)c2c1CCC2. The van der Waals surface area contributed by atoms with E-state index in [0.717, 1.165) is 39.8 Å². The lowest BCUT2D eigenvalue weighted by Crippen LogP contribution is -2.33. The number of anilines is 1. The Balaban J connectivity index is 1.49. The van der Waals surface area contributed by atoms with Gasteiger partial charge in [0, 0.05) is 27.5 Å². The van der Waals surface area contributed by atoms with Crippen LogP contribution in [0, 0.1) is 18.6 Å². The van der Waals surface area contributed by atoms with E-state index in [9.17, 15) is 18.4 Å². The molecule has 6 nitrogen and oxygen atoms in total. The van der Waals surface area contributed by atoms with Crippen LogP contribution in [0.25, 0.3) is 5.69 Å². The molecular weight excluding hydrogens is 470 g/mol. The van der Waals surface area contributed by atoms with E-state index >= 15 is 0 Å². The van der Waals surface area contributed by atoms with E-state index < -0.39 is 17.5 Å². The van der Waals surface area contributed by atoms with Gasteiger partial charge in [-0.05, 0) is 62.1 Å². The average molecular weight is 489 g/mol. The molecule has 0 aliphatic heterocycles. The van der Waals surface area contributed by atoms with Crippen molar-refractivity contribution in [3.63, 3.8) is 0 Å². The van der Waals surface area contributed by atoms with Gasteiger partial charge in [-0.15, -0.1) is 0 Å². The van der Waals surface area contributed by atoms with Gasteiger partial charge in [-0.1, -0.05) is 15.9 Å². The molecule has 3 aromatic rings. The van der Waals surface area contributed by atoms with Gasteiger partial charge in [0.05, 0.1) is 12.2 Å². The molecule has 0 unspecified atom stereocenters. The Morgan fingerprint density at radius 2 is 1.94 bits per heavy atom. The molecular formula is C22H19BrF2N4O2. The summed E-state index contributed by atoms with van der Waals surface area (Å²) >= 11 is 3.37. The molecule has 4 rings (SSSR count). The number of hydrogen-bond acceptors (Lipinski definition) is 3. The fourth-order valence-corrected chi connectivity index (χ4v) is 4.13. The van der Waals surface area contributed by atoms with Crippen LogP contribution < -0.4 is 10.6 Å². The van der Waals surface area contributed by atoms with Gasteiger partial charge < -0.3 is 10.6 Å². The van der Waals surface area contributed by atoms with E-state index in [4.69, 9.17) is 0 Å². The molecule has 0 radical (unpaired) electrons. The smallest absolute Gasteiger partial charge is 0.272 e. The number of aryl methyl sites for hydroxylation is 1. The van der Waals surface area contributed by atoms with Crippen molar-refractivity contribution in [2.45, 2.75) is 26.2 Å². The Hall–Kier alpha value is -3.07. The van der Waals surface area contributed by atoms with E-state index in [0.29, 0.717) is 24.2 Å². The first-order chi connectivity index (χ1) is 14.8. The van der Waals surface area contributed by atoms with Crippen molar-refractivity contribution in [2.24, 2.45) is 0 Å². The van der Waals surface area contributed by atoms with Crippen molar-refractivity contribution in [3.8, 4) is 5.69 Å². The molecule has 1 aromatic heterocycles. The molecule has 1 aliphatic rings. The first kappa shape index (κ1) is 21.2. The van der Waals surface area contributed by atoms with Gasteiger partial charge in [0.15, 0.2) is 17.3 Å². The van der Waals surface area contributed by atoms with Gasteiger partial charge in [0.1, 0.15) is 0 Å². The molecule has 0 fully saturated rings. The number of carbonyl (C=O) groups is 2. The Labute approximate surface area is 185 Å². The second-order valence-corrected chi connectivity index (χ2v) is 8.24. The number of carbonyl (C=O) groups excluding carboxylic acids is 2. The minimum atomic E-state index is -0.981. The number of benzene rings is 2. The number of rotatable bonds is 5. The Morgan fingerprint density at radius 1 is 1.13 bits per heavy atom. The first-order valence-corrected chi connectivity index (χ1v) is 10.5. The van der Waals surface area contributed by atoms with Crippen LogP contribution in [0.1, 0.15) is 33.7 Å². The molecule has 0 saturated heterocycles. The Morgan fingerprint density at radius 3 is 2.68 bits per heavy atom. The summed E-state index contributed by atoms with van der Waals surface area (Å²) in [4.78, 5) is 25.0. The van der Waals surface area contributed by atoms with E-state index in [1.807, 2.05) is 19.1 Å². The summed E-state index contributed by atoms with van der Waals surface area (Å²) in [5.74, 6) is -2.78. The summed E-state index contributed by atoms with van der Waals surface area (Å²) in [7, 11) is 0. The van der Waals surface area contributed by atoms with Gasteiger partial charge in [0.25, 0.3) is 5.91 Å². The summed E-state index contributed by atoms with van der Waals surface area (Å²) in [6, 6.07) is 8.96. The zero-order chi connectivity index (χ0) is 22.1. The van der Waals surface area contributed by atoms with Gasteiger partial charge in [0.2, 0.25) is 5.91 Å². The maximum Gasteiger partial charge on any atom is 0.272 e. The topological polar surface area (TPSA) is 76.0 Å². The fraction of sp³-hybridized carbons (Fsp3) is 0.227. The van der Waals surface area contributed by atoms with E-state index in [-0.39, 0.29) is 18.1 Å². The van der Waals surface area contributed by atoms with Gasteiger partial charge >= 0.3 is 0 Å². The second-order valence-electron chi connectivity index (χ2n) is 7.33. The third-order valence-electron chi connectivity index (χ3n) is 5.17. The van der Waals surface area contributed by atoms with Crippen LogP contribution >= 0.6 is 15.9 Å². The molecule has 9 heteroatoms. The molecule has 0 atom stereocenters. The molecule has 0 spiro atoms. The normalized spacial score (nSPS) is 12.5. The molecule has 160 valence electrons. The van der Waals surface area contributed by atoms with Crippen molar-refractivity contribution >= 4 is 33.4 Å². The summed E-state index contributed by atoms with van der Waals surface area (Å²) in [6.07, 6.45) is 2.17. The van der Waals surface area contributed by atoms with Crippen molar-refractivity contribution in [1.82, 2.24) is 15.1 Å². The molecule has 1 heterocycles. The highest BCUT2D eigenvalue weighted by atomic mass is 79.9. The number of nitrogens with zero attached hydrogens (tertiary/aromatic N) is 2. The highest BCUT2D eigenvalue weighted by molar-refractivity contribution is 9.10. The molecule has 1 aliphatic carbocycles. The molecule has 31 heavy (non-hydrogen) atoms. The molecule has 0 saturated carbocycles. The quantitative estimate of drug-likeness (QED) is 0.568. The Bertz CT molecular complexity index is 1190. The van der Waals surface area contributed by atoms with Crippen LogP contribution in [-0.4, -0.2) is 28.1 Å². The number of amides is 2. The minimum Gasteiger partial charge on any atom is -0.342 e. The van der Waals surface area contributed by atoms with Gasteiger partial charge in [-0.2, -0.15) is 5.10 Å². The summed E-state index contributed by atoms with van der Waals surface area (Å²) in [5, 5.41) is 9.69. The van der Waals surface area contributed by atoms with Crippen LogP contribution in [0.15, 0.2) is 40.9 Å². The van der Waals surface area contributed by atoms with Crippen molar-refractivity contribution in [1.29, 1.82) is 0 Å². The zero-order valence-corrected chi connectivity index (χ0v) is 18.2. The fourth-order valence-electron chi connectivity index (χ4n) is 3.66. The van der Waals surface area contributed by atoms with Crippen LogP contribution in [-0.2, 0) is 17.6 Å². The number of aromatic nitrogens is 2. The predicted molar refractivity (Wildman–Crippen MR) is 115 cm³/mol.